The van der Waals surface area contributed by atoms with E-state index in [0.717, 1.165) is 46.6 Å². The number of alkyl halides is 2. The van der Waals surface area contributed by atoms with Crippen molar-refractivity contribution in [1.82, 2.24) is 24.8 Å². The number of rotatable bonds is 8. The highest BCUT2D eigenvalue weighted by molar-refractivity contribution is 7.89. The summed E-state index contributed by atoms with van der Waals surface area (Å²) in [4.78, 5) is 22.1. The highest BCUT2D eigenvalue weighted by Gasteiger charge is 2.46. The summed E-state index contributed by atoms with van der Waals surface area (Å²) < 4.78 is 63.0. The Balaban J connectivity index is 1.34. The molecule has 0 aromatic carbocycles. The van der Waals surface area contributed by atoms with Crippen molar-refractivity contribution in [2.45, 2.75) is 44.0 Å². The molecule has 0 bridgehead atoms. The number of hydrogen-bond donors (Lipinski definition) is 0. The molecule has 0 radical (unpaired) electrons. The minimum atomic E-state index is -3.33. The molecule has 0 saturated carbocycles. The second-order valence-electron chi connectivity index (χ2n) is 11.5. The molecule has 0 aliphatic carbocycles. The predicted molar refractivity (Wildman–Crippen MR) is 158 cm³/mol. The molecule has 0 amide bonds. The van der Waals surface area contributed by atoms with E-state index in [1.165, 1.54) is 13.4 Å². The van der Waals surface area contributed by atoms with Gasteiger partial charge in [-0.1, -0.05) is 0 Å². The summed E-state index contributed by atoms with van der Waals surface area (Å²) in [6, 6.07) is 2.02. The number of thiophene rings is 1. The van der Waals surface area contributed by atoms with E-state index in [2.05, 4.69) is 21.7 Å². The number of aryl methyl sites for hydroxylation is 1. The Morgan fingerprint density at radius 1 is 1.14 bits per heavy atom. The van der Waals surface area contributed by atoms with Gasteiger partial charge in [-0.15, -0.1) is 11.3 Å². The first-order valence-corrected chi connectivity index (χ1v) is 17.1. The second kappa shape index (κ2) is 11.5. The number of ether oxygens (including phenoxy) is 2. The molecule has 10 nitrogen and oxygen atoms in total. The zero-order valence-electron chi connectivity index (χ0n) is 24.1. The lowest BCUT2D eigenvalue weighted by Crippen LogP contribution is -2.61. The SMILES string of the molecule is COc1ncc(-c2nc(N3CCOCC3)nc3c(CN4CCC(N5CC(F)(F)C5)CC4)c(C)sc23)cc1CS(C)(=O)=O. The number of hydrogen-bond acceptors (Lipinski definition) is 11. The number of methoxy groups -OCH3 is 1. The monoisotopic (exact) mass is 622 g/mol. The maximum Gasteiger partial charge on any atom is 0.272 e. The lowest BCUT2D eigenvalue weighted by Gasteiger charge is -2.46. The maximum absolute atomic E-state index is 13.4. The van der Waals surface area contributed by atoms with E-state index in [0.29, 0.717) is 55.6 Å². The Bertz CT molecular complexity index is 1560. The lowest BCUT2D eigenvalue weighted by molar-refractivity contribution is -0.151. The van der Waals surface area contributed by atoms with Gasteiger partial charge in [-0.25, -0.2) is 32.2 Å². The fourth-order valence-electron chi connectivity index (χ4n) is 6.08. The van der Waals surface area contributed by atoms with Crippen LogP contribution in [0.5, 0.6) is 5.88 Å². The Kier molecular flexibility index (Phi) is 8.11. The molecule has 0 spiro atoms. The van der Waals surface area contributed by atoms with E-state index in [4.69, 9.17) is 19.4 Å². The Morgan fingerprint density at radius 3 is 2.50 bits per heavy atom. The van der Waals surface area contributed by atoms with Crippen molar-refractivity contribution in [2.75, 3.05) is 70.7 Å². The van der Waals surface area contributed by atoms with Gasteiger partial charge in [-0.05, 0) is 38.9 Å². The molecule has 3 aliphatic heterocycles. The fourth-order valence-corrected chi connectivity index (χ4v) is 7.97. The van der Waals surface area contributed by atoms with Crippen molar-refractivity contribution < 1.29 is 26.7 Å². The van der Waals surface area contributed by atoms with Crippen LogP contribution in [0.25, 0.3) is 21.5 Å². The van der Waals surface area contributed by atoms with Crippen LogP contribution in [0.15, 0.2) is 12.3 Å². The van der Waals surface area contributed by atoms with Crippen molar-refractivity contribution in [3.05, 3.63) is 28.3 Å². The van der Waals surface area contributed by atoms with Crippen LogP contribution in [0.3, 0.4) is 0 Å². The molecule has 0 N–H and O–H groups in total. The van der Waals surface area contributed by atoms with Gasteiger partial charge in [-0.3, -0.25) is 9.80 Å². The topological polar surface area (TPSA) is 101 Å². The first-order chi connectivity index (χ1) is 20.0. The summed E-state index contributed by atoms with van der Waals surface area (Å²) in [5, 5.41) is 0. The molecular weight excluding hydrogens is 586 g/mol. The highest BCUT2D eigenvalue weighted by Crippen LogP contribution is 2.39. The van der Waals surface area contributed by atoms with Crippen molar-refractivity contribution in [2.24, 2.45) is 0 Å². The normalized spacial score (nSPS) is 20.6. The fraction of sp³-hybridized carbons (Fsp3) is 0.607. The van der Waals surface area contributed by atoms with Gasteiger partial charge in [0.1, 0.15) is 0 Å². The largest absolute Gasteiger partial charge is 0.481 e. The molecule has 3 aliphatic rings. The second-order valence-corrected chi connectivity index (χ2v) is 14.9. The third kappa shape index (κ3) is 6.23. The highest BCUT2D eigenvalue weighted by atomic mass is 32.2. The summed E-state index contributed by atoms with van der Waals surface area (Å²) in [5.74, 6) is -1.85. The van der Waals surface area contributed by atoms with Crippen molar-refractivity contribution in [3.63, 3.8) is 0 Å². The van der Waals surface area contributed by atoms with Crippen LogP contribution in [0.1, 0.15) is 28.8 Å². The number of nitrogens with zero attached hydrogens (tertiary/aromatic N) is 6. The number of halogens is 2. The summed E-state index contributed by atoms with van der Waals surface area (Å²) in [6.45, 7) is 6.77. The summed E-state index contributed by atoms with van der Waals surface area (Å²) >= 11 is 1.63. The van der Waals surface area contributed by atoms with Crippen molar-refractivity contribution in [3.8, 4) is 17.1 Å². The summed E-state index contributed by atoms with van der Waals surface area (Å²) in [5.41, 5.74) is 3.92. The van der Waals surface area contributed by atoms with Gasteiger partial charge in [0.2, 0.25) is 11.8 Å². The number of sulfone groups is 1. The quantitative estimate of drug-likeness (QED) is 0.372. The van der Waals surface area contributed by atoms with Gasteiger partial charge in [-0.2, -0.15) is 0 Å². The molecule has 3 aromatic heterocycles. The van der Waals surface area contributed by atoms with Gasteiger partial charge >= 0.3 is 0 Å². The van der Waals surface area contributed by atoms with E-state index in [1.807, 2.05) is 4.90 Å². The number of morpholine rings is 1. The maximum atomic E-state index is 13.4. The van der Waals surface area contributed by atoms with E-state index in [9.17, 15) is 17.2 Å². The smallest absolute Gasteiger partial charge is 0.272 e. The number of piperidine rings is 1. The van der Waals surface area contributed by atoms with Crippen LogP contribution in [-0.2, 0) is 26.9 Å². The predicted octanol–water partition coefficient (Wildman–Crippen LogP) is 3.37. The van der Waals surface area contributed by atoms with Crippen molar-refractivity contribution in [1.29, 1.82) is 0 Å². The number of pyridine rings is 1. The van der Waals surface area contributed by atoms with Crippen LogP contribution in [-0.4, -0.2) is 111 Å². The van der Waals surface area contributed by atoms with Gasteiger partial charge in [0.15, 0.2) is 9.84 Å². The van der Waals surface area contributed by atoms with Gasteiger partial charge in [0.25, 0.3) is 5.92 Å². The zero-order valence-corrected chi connectivity index (χ0v) is 25.7. The molecule has 3 saturated heterocycles. The first-order valence-electron chi connectivity index (χ1n) is 14.2. The molecule has 6 heterocycles. The van der Waals surface area contributed by atoms with Crippen LogP contribution in [0.2, 0.25) is 0 Å². The average molecular weight is 623 g/mol. The molecule has 3 fully saturated rings. The number of likely N-dealkylation sites (tertiary alicyclic amines) is 2. The van der Waals surface area contributed by atoms with Crippen LogP contribution < -0.4 is 9.64 Å². The van der Waals surface area contributed by atoms with Crippen LogP contribution >= 0.6 is 11.3 Å². The molecule has 0 atom stereocenters. The average Bonchev–Trinajstić information content (AvgIpc) is 3.25. The third-order valence-electron chi connectivity index (χ3n) is 8.25. The summed E-state index contributed by atoms with van der Waals surface area (Å²) in [7, 11) is -1.85. The van der Waals surface area contributed by atoms with Crippen molar-refractivity contribution >= 4 is 37.3 Å². The van der Waals surface area contributed by atoms with Gasteiger partial charge < -0.3 is 14.4 Å². The van der Waals surface area contributed by atoms with E-state index >= 15 is 0 Å². The standard InChI is InChI=1S/C28H36F2N6O4S2/c1-18-22(14-34-6-4-21(5-7-34)36-16-28(29,30)17-36)24-25(41-18)23(32-27(33-24)35-8-10-40-11-9-35)19-12-20(15-42(3,37)38)26(39-2)31-13-19/h12-13,21H,4-11,14-17H2,1-3H3. The number of anilines is 1. The van der Waals surface area contributed by atoms with Crippen LogP contribution in [0.4, 0.5) is 14.7 Å². The summed E-state index contributed by atoms with van der Waals surface area (Å²) in [6.07, 6.45) is 4.61. The number of fused-ring (bicyclic) bond motifs is 1. The minimum Gasteiger partial charge on any atom is -0.481 e. The first kappa shape index (κ1) is 29.5. The Labute approximate surface area is 248 Å². The van der Waals surface area contributed by atoms with Gasteiger partial charge in [0, 0.05) is 59.7 Å². The van der Waals surface area contributed by atoms with Crippen LogP contribution in [0, 0.1) is 6.92 Å². The van der Waals surface area contributed by atoms with Gasteiger partial charge in [0.05, 0.1) is 55.1 Å². The van der Waals surface area contributed by atoms with E-state index < -0.39 is 15.8 Å². The van der Waals surface area contributed by atoms with E-state index in [1.54, 1.807) is 23.6 Å². The third-order valence-corrected chi connectivity index (χ3v) is 10.2. The number of aromatic nitrogens is 3. The minimum absolute atomic E-state index is 0.123. The van der Waals surface area contributed by atoms with E-state index in [-0.39, 0.29) is 30.8 Å². The molecule has 0 unspecified atom stereocenters. The lowest BCUT2D eigenvalue weighted by atomic mass is 9.98. The Morgan fingerprint density at radius 2 is 1.86 bits per heavy atom. The molecule has 14 heteroatoms. The molecule has 3 aromatic rings. The zero-order chi connectivity index (χ0) is 29.6. The Hall–Kier alpha value is -2.52. The molecule has 6 rings (SSSR count). The molecule has 228 valence electrons. The molecular formula is C28H36F2N6O4S2. The molecule has 42 heavy (non-hydrogen) atoms.